The normalized spacial score (nSPS) is 11.8. The predicted molar refractivity (Wildman–Crippen MR) is 137 cm³/mol. The van der Waals surface area contributed by atoms with Gasteiger partial charge in [0.25, 0.3) is 10.0 Å². The van der Waals surface area contributed by atoms with E-state index in [1.807, 2.05) is 30.3 Å². The minimum Gasteiger partial charge on any atom is -0.354 e. The van der Waals surface area contributed by atoms with Crippen LogP contribution in [0.3, 0.4) is 0 Å². The number of sulfonamides is 1. The molecule has 0 atom stereocenters. The van der Waals surface area contributed by atoms with Crippen molar-refractivity contribution in [2.45, 2.75) is 29.3 Å². The second-order valence-electron chi connectivity index (χ2n) is 7.85. The van der Waals surface area contributed by atoms with Crippen LogP contribution in [-0.2, 0) is 21.0 Å². The lowest BCUT2D eigenvalue weighted by Crippen LogP contribution is -2.41. The van der Waals surface area contributed by atoms with E-state index in [-0.39, 0.29) is 17.1 Å². The number of halogens is 4. The average molecular weight is 557 g/mol. The smallest absolute Gasteiger partial charge is 0.354 e. The molecule has 11 heteroatoms. The number of hydrogen-bond donors (Lipinski definition) is 1. The molecule has 0 aliphatic carbocycles. The Morgan fingerprint density at radius 2 is 1.69 bits per heavy atom. The van der Waals surface area contributed by atoms with Gasteiger partial charge in [-0.05, 0) is 61.6 Å². The Bertz CT molecular complexity index is 1290. The van der Waals surface area contributed by atoms with E-state index in [1.54, 1.807) is 30.8 Å². The molecule has 0 aromatic heterocycles. The number of anilines is 1. The second-order valence-corrected chi connectivity index (χ2v) is 11.3. The molecule has 0 aliphatic heterocycles. The van der Waals surface area contributed by atoms with Gasteiger partial charge in [-0.1, -0.05) is 47.5 Å². The number of hydrogen-bond acceptors (Lipinski definition) is 4. The van der Waals surface area contributed by atoms with Crippen molar-refractivity contribution in [1.82, 2.24) is 5.32 Å². The molecular weight excluding hydrogens is 533 g/mol. The van der Waals surface area contributed by atoms with Gasteiger partial charge < -0.3 is 5.32 Å². The molecule has 3 aromatic rings. The van der Waals surface area contributed by atoms with Gasteiger partial charge in [-0.15, -0.1) is 11.8 Å². The lowest BCUT2D eigenvalue weighted by Gasteiger charge is -2.25. The fraction of sp³-hybridized carbons (Fsp3) is 0.240. The molecule has 0 fully saturated rings. The summed E-state index contributed by atoms with van der Waals surface area (Å²) in [6.07, 6.45) is -4.18. The van der Waals surface area contributed by atoms with Crippen molar-refractivity contribution in [1.29, 1.82) is 0 Å². The summed E-state index contributed by atoms with van der Waals surface area (Å²) in [6, 6.07) is 18.3. The minimum atomic E-state index is -4.80. The number of rotatable bonds is 10. The van der Waals surface area contributed by atoms with Gasteiger partial charge in [0.2, 0.25) is 5.91 Å². The zero-order chi connectivity index (χ0) is 26.3. The number of aryl methyl sites for hydroxylation is 1. The molecule has 192 valence electrons. The van der Waals surface area contributed by atoms with Gasteiger partial charge in [0.05, 0.1) is 21.2 Å². The lowest BCUT2D eigenvalue weighted by atomic mass is 10.2. The van der Waals surface area contributed by atoms with Crippen LogP contribution in [0.25, 0.3) is 0 Å². The zero-order valence-electron chi connectivity index (χ0n) is 19.3. The molecule has 0 aliphatic rings. The number of benzene rings is 3. The van der Waals surface area contributed by atoms with E-state index in [0.29, 0.717) is 16.8 Å². The SMILES string of the molecule is Cc1ccc(S(=O)(=O)N(CC(=O)NCCCSc2ccccc2)c2ccc(Cl)c(C(F)(F)F)c2)cc1. The van der Waals surface area contributed by atoms with Crippen molar-refractivity contribution in [3.63, 3.8) is 0 Å². The summed E-state index contributed by atoms with van der Waals surface area (Å²) < 4.78 is 67.8. The maximum Gasteiger partial charge on any atom is 0.417 e. The molecule has 0 spiro atoms. The number of nitrogens with zero attached hydrogens (tertiary/aromatic N) is 1. The standard InChI is InChI=1S/C25H24ClF3N2O3S2/c1-18-8-11-21(12-9-18)36(33,34)31(19-10-13-23(26)22(16-19)25(27,28)29)17-24(32)30-14-5-15-35-20-6-3-2-4-7-20/h2-4,6-13,16H,5,14-15,17H2,1H3,(H,30,32). The molecule has 3 rings (SSSR count). The second kappa shape index (κ2) is 12.0. The Balaban J connectivity index is 1.78. The van der Waals surface area contributed by atoms with E-state index in [4.69, 9.17) is 11.6 Å². The summed E-state index contributed by atoms with van der Waals surface area (Å²) >= 11 is 7.33. The first-order valence-electron chi connectivity index (χ1n) is 10.9. The third-order valence-electron chi connectivity index (χ3n) is 5.09. The summed E-state index contributed by atoms with van der Waals surface area (Å²) in [4.78, 5) is 13.6. The van der Waals surface area contributed by atoms with Gasteiger partial charge in [-0.25, -0.2) is 8.42 Å². The van der Waals surface area contributed by atoms with Crippen molar-refractivity contribution in [2.75, 3.05) is 23.1 Å². The van der Waals surface area contributed by atoms with E-state index in [2.05, 4.69) is 5.32 Å². The Morgan fingerprint density at radius 1 is 1.03 bits per heavy atom. The van der Waals surface area contributed by atoms with Crippen molar-refractivity contribution < 1.29 is 26.4 Å². The molecule has 0 radical (unpaired) electrons. The van der Waals surface area contributed by atoms with Gasteiger partial charge >= 0.3 is 6.18 Å². The Morgan fingerprint density at radius 3 is 2.33 bits per heavy atom. The highest BCUT2D eigenvalue weighted by molar-refractivity contribution is 7.99. The minimum absolute atomic E-state index is 0.149. The molecule has 0 heterocycles. The van der Waals surface area contributed by atoms with Crippen LogP contribution in [0.4, 0.5) is 18.9 Å². The maximum atomic E-state index is 13.4. The van der Waals surface area contributed by atoms with Crippen molar-refractivity contribution in [3.8, 4) is 0 Å². The van der Waals surface area contributed by atoms with E-state index >= 15 is 0 Å². The van der Waals surface area contributed by atoms with Gasteiger partial charge in [0.15, 0.2) is 0 Å². The lowest BCUT2D eigenvalue weighted by molar-refractivity contribution is -0.137. The quantitative estimate of drug-likeness (QED) is 0.240. The van der Waals surface area contributed by atoms with E-state index in [1.165, 1.54) is 12.1 Å². The van der Waals surface area contributed by atoms with E-state index < -0.39 is 39.2 Å². The third-order valence-corrected chi connectivity index (χ3v) is 8.31. The van der Waals surface area contributed by atoms with Crippen molar-refractivity contribution in [3.05, 3.63) is 88.9 Å². The third kappa shape index (κ3) is 7.41. The van der Waals surface area contributed by atoms with Crippen molar-refractivity contribution in [2.24, 2.45) is 0 Å². The van der Waals surface area contributed by atoms with Crippen molar-refractivity contribution >= 4 is 45.0 Å². The molecule has 0 saturated carbocycles. The Labute approximate surface area is 217 Å². The van der Waals surface area contributed by atoms with Gasteiger partial charge in [0, 0.05) is 11.4 Å². The predicted octanol–water partition coefficient (Wildman–Crippen LogP) is 6.16. The number of nitrogens with one attached hydrogen (secondary N) is 1. The molecule has 0 bridgehead atoms. The zero-order valence-corrected chi connectivity index (χ0v) is 21.6. The van der Waals surface area contributed by atoms with E-state index in [9.17, 15) is 26.4 Å². The fourth-order valence-electron chi connectivity index (χ4n) is 3.23. The molecular formula is C25H24ClF3N2O3S2. The van der Waals surface area contributed by atoms with Gasteiger partial charge in [-0.3, -0.25) is 9.10 Å². The molecule has 36 heavy (non-hydrogen) atoms. The van der Waals surface area contributed by atoms with Crippen LogP contribution in [-0.4, -0.2) is 33.2 Å². The Hall–Kier alpha value is -2.69. The highest BCUT2D eigenvalue weighted by Crippen LogP contribution is 2.38. The number of alkyl halides is 3. The summed E-state index contributed by atoms with van der Waals surface area (Å²) in [5.74, 6) is 0.0841. The first kappa shape index (κ1) is 27.9. The van der Waals surface area contributed by atoms with Crippen LogP contribution in [0.5, 0.6) is 0 Å². The first-order chi connectivity index (χ1) is 17.0. The molecule has 3 aromatic carbocycles. The van der Waals surface area contributed by atoms with E-state index in [0.717, 1.165) is 28.3 Å². The molecule has 0 unspecified atom stereocenters. The summed E-state index contributed by atoms with van der Waals surface area (Å²) in [7, 11) is -4.35. The van der Waals surface area contributed by atoms with Crippen LogP contribution in [0, 0.1) is 6.92 Å². The van der Waals surface area contributed by atoms with Crippen LogP contribution in [0.15, 0.2) is 82.6 Å². The number of thioether (sulfide) groups is 1. The largest absolute Gasteiger partial charge is 0.417 e. The average Bonchev–Trinajstić information content (AvgIpc) is 2.83. The molecule has 1 amide bonds. The maximum absolute atomic E-state index is 13.4. The van der Waals surface area contributed by atoms with Gasteiger partial charge in [-0.2, -0.15) is 13.2 Å². The summed E-state index contributed by atoms with van der Waals surface area (Å²) in [5.41, 5.74) is -0.705. The highest BCUT2D eigenvalue weighted by atomic mass is 35.5. The number of carbonyl (C=O) groups is 1. The first-order valence-corrected chi connectivity index (χ1v) is 13.7. The van der Waals surface area contributed by atoms with Crippen LogP contribution in [0.2, 0.25) is 5.02 Å². The van der Waals surface area contributed by atoms with Crippen LogP contribution >= 0.6 is 23.4 Å². The number of amides is 1. The molecule has 1 N–H and O–H groups in total. The monoisotopic (exact) mass is 556 g/mol. The topological polar surface area (TPSA) is 66.5 Å². The molecule has 0 saturated heterocycles. The molecule has 5 nitrogen and oxygen atoms in total. The summed E-state index contributed by atoms with van der Waals surface area (Å²) in [6.45, 7) is 1.36. The summed E-state index contributed by atoms with van der Waals surface area (Å²) in [5, 5.41) is 2.08. The van der Waals surface area contributed by atoms with Gasteiger partial charge in [0.1, 0.15) is 6.54 Å². The fourth-order valence-corrected chi connectivity index (χ4v) is 5.74. The highest BCUT2D eigenvalue weighted by Gasteiger charge is 2.35. The van der Waals surface area contributed by atoms with Crippen LogP contribution in [0.1, 0.15) is 17.5 Å². The van der Waals surface area contributed by atoms with Crippen LogP contribution < -0.4 is 9.62 Å². The Kier molecular flexibility index (Phi) is 9.32. The number of carbonyl (C=O) groups excluding carboxylic acids is 1.